The minimum Gasteiger partial charge on any atom is -0.131 e. The SMILES string of the molecule is Br.CCCCCCCCC(P)(CCCCCCCC)CCCCCCCC. The zero-order chi connectivity index (χ0) is 19.3. The Hall–Kier alpha value is 0.910. The van der Waals surface area contributed by atoms with Gasteiger partial charge in [-0.3, -0.25) is 0 Å². The zero-order valence-corrected chi connectivity index (χ0v) is 22.2. The molecular formula is C25H54BrP. The number of unbranched alkanes of at least 4 members (excludes halogenated alkanes) is 15. The lowest BCUT2D eigenvalue weighted by molar-refractivity contribution is 0.402. The molecule has 1 atom stereocenters. The van der Waals surface area contributed by atoms with E-state index in [1.54, 1.807) is 0 Å². The van der Waals surface area contributed by atoms with Crippen LogP contribution in [0.4, 0.5) is 0 Å². The van der Waals surface area contributed by atoms with Crippen LogP contribution in [-0.4, -0.2) is 5.16 Å². The van der Waals surface area contributed by atoms with Crippen molar-refractivity contribution in [2.75, 3.05) is 0 Å². The Balaban J connectivity index is 0. The molecular weight excluding hydrogens is 411 g/mol. The van der Waals surface area contributed by atoms with Gasteiger partial charge in [-0.1, -0.05) is 136 Å². The number of rotatable bonds is 21. The minimum absolute atomic E-state index is 0. The Morgan fingerprint density at radius 1 is 0.407 bits per heavy atom. The fourth-order valence-electron chi connectivity index (χ4n) is 4.15. The average Bonchev–Trinajstić information content (AvgIpc) is 2.64. The number of hydrogen-bond donors (Lipinski definition) is 0. The molecule has 1 unspecified atom stereocenters. The van der Waals surface area contributed by atoms with Gasteiger partial charge in [0.2, 0.25) is 0 Å². The van der Waals surface area contributed by atoms with Crippen LogP contribution >= 0.6 is 26.2 Å². The molecule has 166 valence electrons. The van der Waals surface area contributed by atoms with E-state index in [9.17, 15) is 0 Å². The highest BCUT2D eigenvalue weighted by atomic mass is 79.9. The van der Waals surface area contributed by atoms with E-state index in [0.717, 1.165) is 0 Å². The van der Waals surface area contributed by atoms with E-state index in [4.69, 9.17) is 0 Å². The second-order valence-electron chi connectivity index (χ2n) is 8.92. The molecule has 0 N–H and O–H groups in total. The van der Waals surface area contributed by atoms with Crippen molar-refractivity contribution in [2.24, 2.45) is 0 Å². The summed E-state index contributed by atoms with van der Waals surface area (Å²) in [6.07, 6.45) is 30.2. The molecule has 0 nitrogen and oxygen atoms in total. The highest BCUT2D eigenvalue weighted by Crippen LogP contribution is 2.37. The smallest absolute Gasteiger partial charge is 0.0150 e. The lowest BCUT2D eigenvalue weighted by atomic mass is 9.88. The van der Waals surface area contributed by atoms with Gasteiger partial charge >= 0.3 is 0 Å². The first-order valence-corrected chi connectivity index (χ1v) is 13.0. The van der Waals surface area contributed by atoms with Crippen molar-refractivity contribution in [1.29, 1.82) is 0 Å². The molecule has 0 radical (unpaired) electrons. The summed E-state index contributed by atoms with van der Waals surface area (Å²) >= 11 is 0. The van der Waals surface area contributed by atoms with Gasteiger partial charge in [-0.25, -0.2) is 0 Å². The Labute approximate surface area is 186 Å². The van der Waals surface area contributed by atoms with E-state index in [-0.39, 0.29) is 17.0 Å². The van der Waals surface area contributed by atoms with Crippen LogP contribution in [0.2, 0.25) is 0 Å². The van der Waals surface area contributed by atoms with Gasteiger partial charge in [-0.15, -0.1) is 26.2 Å². The van der Waals surface area contributed by atoms with E-state index in [1.165, 1.54) is 135 Å². The maximum atomic E-state index is 3.34. The molecule has 0 spiro atoms. The molecule has 0 heterocycles. The van der Waals surface area contributed by atoms with E-state index >= 15 is 0 Å². The monoisotopic (exact) mass is 464 g/mol. The Morgan fingerprint density at radius 3 is 0.889 bits per heavy atom. The van der Waals surface area contributed by atoms with Gasteiger partial charge in [-0.2, -0.15) is 0 Å². The normalized spacial score (nSPS) is 11.6. The molecule has 0 saturated carbocycles. The van der Waals surface area contributed by atoms with Crippen LogP contribution in [0.15, 0.2) is 0 Å². The second kappa shape index (κ2) is 23.2. The molecule has 0 bridgehead atoms. The molecule has 0 fully saturated rings. The minimum atomic E-state index is 0. The standard InChI is InChI=1S/C25H53P.BrH/c1-4-7-10-13-16-19-22-25(26,23-20-17-14-11-8-5-2)24-21-18-15-12-9-6-3;/h4-24,26H2,1-3H3;1H. The van der Waals surface area contributed by atoms with E-state index < -0.39 is 0 Å². The van der Waals surface area contributed by atoms with E-state index in [2.05, 4.69) is 30.0 Å². The predicted molar refractivity (Wildman–Crippen MR) is 137 cm³/mol. The molecule has 27 heavy (non-hydrogen) atoms. The molecule has 0 aromatic carbocycles. The summed E-state index contributed by atoms with van der Waals surface area (Å²) in [7, 11) is 3.34. The Bertz CT molecular complexity index is 226. The zero-order valence-electron chi connectivity index (χ0n) is 19.3. The molecule has 0 aliphatic carbocycles. The molecule has 0 saturated heterocycles. The third-order valence-corrected chi connectivity index (χ3v) is 6.95. The molecule has 2 heteroatoms. The summed E-state index contributed by atoms with van der Waals surface area (Å²) < 4.78 is 0. The molecule has 0 rings (SSSR count). The summed E-state index contributed by atoms with van der Waals surface area (Å²) in [5.41, 5.74) is 0. The summed E-state index contributed by atoms with van der Waals surface area (Å²) in [5.74, 6) is 0. The van der Waals surface area contributed by atoms with Crippen molar-refractivity contribution < 1.29 is 0 Å². The highest BCUT2D eigenvalue weighted by Gasteiger charge is 2.23. The second-order valence-corrected chi connectivity index (χ2v) is 10.1. The van der Waals surface area contributed by atoms with Crippen LogP contribution in [0.3, 0.4) is 0 Å². The van der Waals surface area contributed by atoms with Gasteiger partial charge in [0.15, 0.2) is 0 Å². The van der Waals surface area contributed by atoms with E-state index in [1.807, 2.05) is 0 Å². The first-order valence-electron chi connectivity index (χ1n) is 12.5. The van der Waals surface area contributed by atoms with Crippen LogP contribution in [-0.2, 0) is 0 Å². The summed E-state index contributed by atoms with van der Waals surface area (Å²) in [6, 6.07) is 0. The van der Waals surface area contributed by atoms with Crippen molar-refractivity contribution >= 4 is 26.2 Å². The predicted octanol–water partition coefficient (Wildman–Crippen LogP) is 10.4. The Kier molecular flexibility index (Phi) is 25.9. The number of hydrogen-bond acceptors (Lipinski definition) is 0. The van der Waals surface area contributed by atoms with Crippen LogP contribution in [0.5, 0.6) is 0 Å². The average molecular weight is 466 g/mol. The summed E-state index contributed by atoms with van der Waals surface area (Å²) in [5, 5.41) is 0.556. The maximum Gasteiger partial charge on any atom is -0.0150 e. The maximum absolute atomic E-state index is 3.34. The molecule has 0 amide bonds. The van der Waals surface area contributed by atoms with Gasteiger partial charge in [0.05, 0.1) is 0 Å². The van der Waals surface area contributed by atoms with Gasteiger partial charge < -0.3 is 0 Å². The lowest BCUT2D eigenvalue weighted by Gasteiger charge is -2.30. The van der Waals surface area contributed by atoms with Crippen LogP contribution in [0.25, 0.3) is 0 Å². The largest absolute Gasteiger partial charge is 0.131 e. The van der Waals surface area contributed by atoms with Crippen LogP contribution in [0, 0.1) is 0 Å². The summed E-state index contributed by atoms with van der Waals surface area (Å²) in [6.45, 7) is 6.94. The van der Waals surface area contributed by atoms with Gasteiger partial charge in [-0.05, 0) is 24.4 Å². The Morgan fingerprint density at radius 2 is 0.630 bits per heavy atom. The topological polar surface area (TPSA) is 0 Å². The number of halogens is 1. The van der Waals surface area contributed by atoms with Crippen LogP contribution in [0.1, 0.15) is 156 Å². The highest BCUT2D eigenvalue weighted by molar-refractivity contribution is 8.93. The third-order valence-electron chi connectivity index (χ3n) is 6.08. The molecule has 0 aliphatic heterocycles. The van der Waals surface area contributed by atoms with Gasteiger partial charge in [0.1, 0.15) is 0 Å². The van der Waals surface area contributed by atoms with Crippen LogP contribution < -0.4 is 0 Å². The first kappa shape index (κ1) is 30.1. The molecule has 0 aliphatic rings. The lowest BCUT2D eigenvalue weighted by Crippen LogP contribution is -2.20. The fourth-order valence-corrected chi connectivity index (χ4v) is 4.76. The fraction of sp³-hybridized carbons (Fsp3) is 1.00. The first-order chi connectivity index (χ1) is 12.7. The van der Waals surface area contributed by atoms with Crippen molar-refractivity contribution in [3.63, 3.8) is 0 Å². The third kappa shape index (κ3) is 21.4. The summed E-state index contributed by atoms with van der Waals surface area (Å²) in [4.78, 5) is 0. The van der Waals surface area contributed by atoms with E-state index in [0.29, 0.717) is 5.16 Å². The molecule has 0 aromatic rings. The van der Waals surface area contributed by atoms with Crippen molar-refractivity contribution in [3.05, 3.63) is 0 Å². The van der Waals surface area contributed by atoms with Crippen molar-refractivity contribution in [1.82, 2.24) is 0 Å². The van der Waals surface area contributed by atoms with Gasteiger partial charge in [0, 0.05) is 0 Å². The molecule has 0 aromatic heterocycles. The van der Waals surface area contributed by atoms with Gasteiger partial charge in [0.25, 0.3) is 0 Å². The van der Waals surface area contributed by atoms with Crippen molar-refractivity contribution in [2.45, 2.75) is 161 Å². The van der Waals surface area contributed by atoms with Crippen molar-refractivity contribution in [3.8, 4) is 0 Å². The quantitative estimate of drug-likeness (QED) is 0.117.